The van der Waals surface area contributed by atoms with Gasteiger partial charge in [-0.05, 0) is 38.3 Å². The minimum Gasteiger partial charge on any atom is -0.360 e. The monoisotopic (exact) mass is 308 g/mol. The highest BCUT2D eigenvalue weighted by Crippen LogP contribution is 2.30. The Morgan fingerprint density at radius 1 is 1.43 bits per heavy atom. The van der Waals surface area contributed by atoms with E-state index in [0.717, 1.165) is 41.3 Å². The predicted octanol–water partition coefficient (Wildman–Crippen LogP) is 3.02. The molecule has 118 valence electrons. The molecule has 2 aromatic heterocycles. The minimum absolute atomic E-state index is 0.0245. The van der Waals surface area contributed by atoms with Crippen molar-refractivity contribution >= 4 is 16.8 Å². The average molecular weight is 308 g/mol. The number of hydrogen-bond donors (Lipinski definition) is 2. The zero-order valence-electron chi connectivity index (χ0n) is 13.4. The number of amides is 1. The standard InChI is InChI=1S/C18H20N4O/c1-11-6-7-15-12(8-11)13(9-19-15)18(23)21-16-4-3-5-17-14(16)10-20-22(17)2/h6-10,16,19H,3-5H2,1-2H3,(H,21,23)/t16-/m0/s1. The van der Waals surface area contributed by atoms with Crippen LogP contribution in [0.5, 0.6) is 0 Å². The third kappa shape index (κ3) is 2.32. The van der Waals surface area contributed by atoms with E-state index in [4.69, 9.17) is 0 Å². The van der Waals surface area contributed by atoms with E-state index < -0.39 is 0 Å². The van der Waals surface area contributed by atoms with Crippen molar-refractivity contribution in [2.45, 2.75) is 32.2 Å². The van der Waals surface area contributed by atoms with Gasteiger partial charge in [-0.1, -0.05) is 11.6 Å². The van der Waals surface area contributed by atoms with Gasteiger partial charge in [-0.2, -0.15) is 5.10 Å². The zero-order valence-corrected chi connectivity index (χ0v) is 13.4. The van der Waals surface area contributed by atoms with Crippen LogP contribution in [0.2, 0.25) is 0 Å². The lowest BCUT2D eigenvalue weighted by atomic mass is 9.92. The van der Waals surface area contributed by atoms with Gasteiger partial charge in [0.2, 0.25) is 0 Å². The fraction of sp³-hybridized carbons (Fsp3) is 0.333. The Labute approximate surface area is 134 Å². The molecule has 4 rings (SSSR count). The molecule has 0 saturated heterocycles. The normalized spacial score (nSPS) is 17.2. The van der Waals surface area contributed by atoms with E-state index in [9.17, 15) is 4.79 Å². The van der Waals surface area contributed by atoms with Gasteiger partial charge in [0.05, 0.1) is 17.8 Å². The van der Waals surface area contributed by atoms with Crippen molar-refractivity contribution in [3.05, 3.63) is 53.0 Å². The molecular formula is C18H20N4O. The number of aromatic nitrogens is 3. The number of aromatic amines is 1. The molecule has 1 aliphatic rings. The summed E-state index contributed by atoms with van der Waals surface area (Å²) in [5.41, 5.74) is 5.24. The summed E-state index contributed by atoms with van der Waals surface area (Å²) in [6.45, 7) is 2.04. The molecule has 1 aromatic carbocycles. The third-order valence-electron chi connectivity index (χ3n) is 4.76. The van der Waals surface area contributed by atoms with Crippen molar-refractivity contribution in [3.63, 3.8) is 0 Å². The van der Waals surface area contributed by atoms with Crippen LogP contribution < -0.4 is 5.32 Å². The molecule has 5 nitrogen and oxygen atoms in total. The van der Waals surface area contributed by atoms with Gasteiger partial charge >= 0.3 is 0 Å². The van der Waals surface area contributed by atoms with Crippen LogP contribution in [0.1, 0.15) is 46.1 Å². The molecular weight excluding hydrogens is 288 g/mol. The maximum Gasteiger partial charge on any atom is 0.253 e. The number of carbonyl (C=O) groups is 1. The van der Waals surface area contributed by atoms with Crippen molar-refractivity contribution in [1.82, 2.24) is 20.1 Å². The smallest absolute Gasteiger partial charge is 0.253 e. The van der Waals surface area contributed by atoms with E-state index in [2.05, 4.69) is 21.5 Å². The first-order chi connectivity index (χ1) is 11.1. The highest BCUT2D eigenvalue weighted by molar-refractivity contribution is 6.07. The summed E-state index contributed by atoms with van der Waals surface area (Å²) in [7, 11) is 1.96. The molecule has 2 N–H and O–H groups in total. The van der Waals surface area contributed by atoms with Gasteiger partial charge < -0.3 is 10.3 Å². The van der Waals surface area contributed by atoms with Gasteiger partial charge in [-0.25, -0.2) is 0 Å². The Hall–Kier alpha value is -2.56. The molecule has 2 heterocycles. The summed E-state index contributed by atoms with van der Waals surface area (Å²) in [5, 5.41) is 8.51. The van der Waals surface area contributed by atoms with E-state index >= 15 is 0 Å². The topological polar surface area (TPSA) is 62.7 Å². The van der Waals surface area contributed by atoms with Crippen molar-refractivity contribution in [3.8, 4) is 0 Å². The number of benzene rings is 1. The van der Waals surface area contributed by atoms with Crippen LogP contribution in [-0.4, -0.2) is 20.7 Å². The number of H-pyrrole nitrogens is 1. The number of hydrogen-bond acceptors (Lipinski definition) is 2. The summed E-state index contributed by atoms with van der Waals surface area (Å²) >= 11 is 0. The van der Waals surface area contributed by atoms with E-state index in [1.165, 1.54) is 5.69 Å². The molecule has 0 spiro atoms. The summed E-state index contributed by atoms with van der Waals surface area (Å²) in [6, 6.07) is 6.16. The van der Waals surface area contributed by atoms with Gasteiger partial charge in [-0.3, -0.25) is 9.48 Å². The van der Waals surface area contributed by atoms with Gasteiger partial charge in [0.1, 0.15) is 0 Å². The van der Waals surface area contributed by atoms with Gasteiger partial charge in [0.15, 0.2) is 0 Å². The van der Waals surface area contributed by atoms with Crippen LogP contribution in [0.15, 0.2) is 30.6 Å². The van der Waals surface area contributed by atoms with Crippen LogP contribution in [0.3, 0.4) is 0 Å². The van der Waals surface area contributed by atoms with E-state index in [-0.39, 0.29) is 11.9 Å². The fourth-order valence-electron chi connectivity index (χ4n) is 3.51. The number of nitrogens with zero attached hydrogens (tertiary/aromatic N) is 2. The molecule has 5 heteroatoms. The number of carbonyl (C=O) groups excluding carboxylic acids is 1. The van der Waals surface area contributed by atoms with Crippen LogP contribution in [0, 0.1) is 6.92 Å². The fourth-order valence-corrected chi connectivity index (χ4v) is 3.51. The molecule has 1 atom stereocenters. The molecule has 3 aromatic rings. The Bertz CT molecular complexity index is 890. The summed E-state index contributed by atoms with van der Waals surface area (Å²) in [5.74, 6) is -0.0245. The zero-order chi connectivity index (χ0) is 16.0. The Morgan fingerprint density at radius 2 is 2.30 bits per heavy atom. The van der Waals surface area contributed by atoms with Crippen LogP contribution in [-0.2, 0) is 13.5 Å². The Kier molecular flexibility index (Phi) is 3.22. The molecule has 0 fully saturated rings. The minimum atomic E-state index is -0.0245. The Balaban J connectivity index is 1.64. The lowest BCUT2D eigenvalue weighted by molar-refractivity contribution is 0.0934. The SMILES string of the molecule is Cc1ccc2[nH]cc(C(=O)N[C@H]3CCCc4c3cnn4C)c2c1. The predicted molar refractivity (Wildman–Crippen MR) is 89.4 cm³/mol. The lowest BCUT2D eigenvalue weighted by Gasteiger charge is -2.23. The second-order valence-electron chi connectivity index (χ2n) is 6.34. The largest absolute Gasteiger partial charge is 0.360 e. The van der Waals surface area contributed by atoms with Crippen LogP contribution in [0.25, 0.3) is 10.9 Å². The van der Waals surface area contributed by atoms with Crippen LogP contribution >= 0.6 is 0 Å². The number of fused-ring (bicyclic) bond motifs is 2. The Morgan fingerprint density at radius 3 is 3.17 bits per heavy atom. The molecule has 0 unspecified atom stereocenters. The molecule has 23 heavy (non-hydrogen) atoms. The van der Waals surface area contributed by atoms with Gasteiger partial charge in [-0.15, -0.1) is 0 Å². The summed E-state index contributed by atoms with van der Waals surface area (Å²) in [6.07, 6.45) is 6.76. The molecule has 0 radical (unpaired) electrons. The maximum absolute atomic E-state index is 12.8. The average Bonchev–Trinajstić information content (AvgIpc) is 3.12. The molecule has 1 aliphatic carbocycles. The lowest BCUT2D eigenvalue weighted by Crippen LogP contribution is -2.30. The van der Waals surface area contributed by atoms with Crippen molar-refractivity contribution in [1.29, 1.82) is 0 Å². The molecule has 0 aliphatic heterocycles. The second kappa shape index (κ2) is 5.26. The number of nitrogens with one attached hydrogen (secondary N) is 2. The first-order valence-electron chi connectivity index (χ1n) is 8.03. The molecule has 1 amide bonds. The second-order valence-corrected chi connectivity index (χ2v) is 6.34. The maximum atomic E-state index is 12.8. The van der Waals surface area contributed by atoms with Crippen LogP contribution in [0.4, 0.5) is 0 Å². The summed E-state index contributed by atoms with van der Waals surface area (Å²) < 4.78 is 1.92. The quantitative estimate of drug-likeness (QED) is 0.764. The van der Waals surface area contributed by atoms with E-state index in [1.54, 1.807) is 6.20 Å². The highest BCUT2D eigenvalue weighted by atomic mass is 16.1. The van der Waals surface area contributed by atoms with E-state index in [1.807, 2.05) is 37.0 Å². The van der Waals surface area contributed by atoms with Gasteiger partial charge in [0.25, 0.3) is 5.91 Å². The summed E-state index contributed by atoms with van der Waals surface area (Å²) in [4.78, 5) is 15.9. The third-order valence-corrected chi connectivity index (χ3v) is 4.76. The first-order valence-corrected chi connectivity index (χ1v) is 8.03. The van der Waals surface area contributed by atoms with Crippen molar-refractivity contribution < 1.29 is 4.79 Å². The first kappa shape index (κ1) is 14.1. The number of rotatable bonds is 2. The molecule has 0 bridgehead atoms. The highest BCUT2D eigenvalue weighted by Gasteiger charge is 2.25. The van der Waals surface area contributed by atoms with E-state index in [0.29, 0.717) is 5.56 Å². The van der Waals surface area contributed by atoms with Crippen molar-refractivity contribution in [2.24, 2.45) is 7.05 Å². The van der Waals surface area contributed by atoms with Gasteiger partial charge in [0, 0.05) is 35.4 Å². The molecule has 0 saturated carbocycles. The van der Waals surface area contributed by atoms with Crippen molar-refractivity contribution in [2.75, 3.05) is 0 Å². The number of aryl methyl sites for hydroxylation is 2.